The molecule has 2 fully saturated rings. The van der Waals surface area contributed by atoms with Gasteiger partial charge in [0.05, 0.1) is 0 Å². The Morgan fingerprint density at radius 2 is 2.00 bits per heavy atom. The van der Waals surface area contributed by atoms with Gasteiger partial charge in [0.1, 0.15) is 0 Å². The van der Waals surface area contributed by atoms with Crippen LogP contribution in [0.5, 0.6) is 0 Å². The maximum atomic E-state index is 12.4. The first-order valence-electron chi connectivity index (χ1n) is 8.26. The summed E-state index contributed by atoms with van der Waals surface area (Å²) >= 11 is 0. The van der Waals surface area contributed by atoms with Gasteiger partial charge in [0, 0.05) is 51.1 Å². The van der Waals surface area contributed by atoms with Crippen molar-refractivity contribution in [2.75, 3.05) is 20.1 Å². The average molecular weight is 295 g/mol. The Bertz CT molecular complexity index is 376. The second kappa shape index (κ2) is 7.25. The summed E-state index contributed by atoms with van der Waals surface area (Å²) < 4.78 is 0. The number of likely N-dealkylation sites (tertiary alicyclic amines) is 1. The average Bonchev–Trinajstić information content (AvgIpc) is 2.46. The van der Waals surface area contributed by atoms with Crippen LogP contribution in [0.25, 0.3) is 0 Å². The van der Waals surface area contributed by atoms with Gasteiger partial charge in [-0.2, -0.15) is 0 Å². The number of nitrogens with zero attached hydrogens (tertiary/aromatic N) is 2. The van der Waals surface area contributed by atoms with Crippen molar-refractivity contribution in [3.63, 3.8) is 0 Å². The highest BCUT2D eigenvalue weighted by Gasteiger charge is 2.28. The van der Waals surface area contributed by atoms with Gasteiger partial charge < -0.3 is 15.1 Å². The Hall–Kier alpha value is -1.10. The zero-order chi connectivity index (χ0) is 15.4. The summed E-state index contributed by atoms with van der Waals surface area (Å²) in [6.07, 6.45) is 4.99. The van der Waals surface area contributed by atoms with Crippen LogP contribution in [0.3, 0.4) is 0 Å². The molecule has 0 aromatic carbocycles. The van der Waals surface area contributed by atoms with Crippen molar-refractivity contribution >= 4 is 11.8 Å². The van der Waals surface area contributed by atoms with Crippen molar-refractivity contribution in [2.45, 2.75) is 70.5 Å². The predicted molar refractivity (Wildman–Crippen MR) is 82.9 cm³/mol. The highest BCUT2D eigenvalue weighted by Crippen LogP contribution is 2.19. The molecule has 2 amide bonds. The second-order valence-electron chi connectivity index (χ2n) is 6.73. The summed E-state index contributed by atoms with van der Waals surface area (Å²) in [6.45, 7) is 6.59. The van der Waals surface area contributed by atoms with Crippen molar-refractivity contribution in [3.05, 3.63) is 0 Å². The first-order chi connectivity index (χ1) is 9.97. The van der Waals surface area contributed by atoms with Crippen LogP contribution in [-0.4, -0.2) is 59.9 Å². The molecular formula is C16H29N3O2. The lowest BCUT2D eigenvalue weighted by Crippen LogP contribution is -2.49. The molecule has 1 unspecified atom stereocenters. The van der Waals surface area contributed by atoms with Gasteiger partial charge in [-0.05, 0) is 39.5 Å². The fraction of sp³-hybridized carbons (Fsp3) is 0.875. The monoisotopic (exact) mass is 295 g/mol. The van der Waals surface area contributed by atoms with Gasteiger partial charge in [-0.3, -0.25) is 9.59 Å². The molecule has 2 heterocycles. The molecule has 0 aromatic heterocycles. The van der Waals surface area contributed by atoms with E-state index in [1.807, 2.05) is 11.9 Å². The minimum Gasteiger partial charge on any atom is -0.353 e. The van der Waals surface area contributed by atoms with Crippen LogP contribution in [0.2, 0.25) is 0 Å². The molecule has 0 aliphatic carbocycles. The van der Waals surface area contributed by atoms with E-state index in [9.17, 15) is 9.59 Å². The molecule has 5 nitrogen and oxygen atoms in total. The van der Waals surface area contributed by atoms with Crippen molar-refractivity contribution in [1.82, 2.24) is 15.1 Å². The van der Waals surface area contributed by atoms with Gasteiger partial charge in [-0.1, -0.05) is 0 Å². The number of piperidine rings is 2. The number of nitrogens with one attached hydrogen (secondary N) is 1. The third-order valence-electron chi connectivity index (χ3n) is 4.91. The van der Waals surface area contributed by atoms with E-state index in [0.29, 0.717) is 24.9 Å². The number of amides is 2. The molecule has 5 heteroatoms. The molecule has 21 heavy (non-hydrogen) atoms. The zero-order valence-electron chi connectivity index (χ0n) is 13.6. The molecular weight excluding hydrogens is 266 g/mol. The lowest BCUT2D eigenvalue weighted by molar-refractivity contribution is -0.134. The highest BCUT2D eigenvalue weighted by molar-refractivity contribution is 5.80. The van der Waals surface area contributed by atoms with Crippen LogP contribution in [0, 0.1) is 0 Å². The van der Waals surface area contributed by atoms with Crippen molar-refractivity contribution in [1.29, 1.82) is 0 Å². The van der Waals surface area contributed by atoms with Gasteiger partial charge in [-0.25, -0.2) is 0 Å². The van der Waals surface area contributed by atoms with Crippen molar-refractivity contribution in [2.24, 2.45) is 0 Å². The number of carbonyl (C=O) groups excluding carboxylic acids is 2. The lowest BCUT2D eigenvalue weighted by atomic mass is 9.99. The summed E-state index contributed by atoms with van der Waals surface area (Å²) in [7, 11) is 1.92. The molecule has 2 rings (SSSR count). The van der Waals surface area contributed by atoms with E-state index in [2.05, 4.69) is 24.1 Å². The van der Waals surface area contributed by atoms with Crippen LogP contribution < -0.4 is 5.32 Å². The SMILES string of the molecule is CC(C)N1CCC(N(C)C(=O)CC2CCCC(=O)N2)CC1. The Labute approximate surface area is 128 Å². The summed E-state index contributed by atoms with van der Waals surface area (Å²) in [6, 6.07) is 0.980. The standard InChI is InChI=1S/C16H29N3O2/c1-12(2)19-9-7-14(8-10-19)18(3)16(21)11-13-5-4-6-15(20)17-13/h12-14H,4-11H2,1-3H3,(H,17,20). The molecule has 0 spiro atoms. The second-order valence-corrected chi connectivity index (χ2v) is 6.73. The predicted octanol–water partition coefficient (Wildman–Crippen LogP) is 1.38. The third kappa shape index (κ3) is 4.43. The molecule has 1 N–H and O–H groups in total. The van der Waals surface area contributed by atoms with Gasteiger partial charge in [0.25, 0.3) is 0 Å². The Balaban J connectivity index is 1.78. The summed E-state index contributed by atoms with van der Waals surface area (Å²) in [5, 5.41) is 2.93. The van der Waals surface area contributed by atoms with E-state index in [1.54, 1.807) is 0 Å². The Morgan fingerprint density at radius 3 is 2.57 bits per heavy atom. The molecule has 120 valence electrons. The first-order valence-corrected chi connectivity index (χ1v) is 8.26. The largest absolute Gasteiger partial charge is 0.353 e. The van der Waals surface area contributed by atoms with Crippen LogP contribution in [0.4, 0.5) is 0 Å². The molecule has 2 saturated heterocycles. The molecule has 1 atom stereocenters. The molecule has 2 aliphatic heterocycles. The van der Waals surface area contributed by atoms with Gasteiger partial charge in [0.2, 0.25) is 11.8 Å². The number of hydrogen-bond acceptors (Lipinski definition) is 3. The van der Waals surface area contributed by atoms with E-state index >= 15 is 0 Å². The van der Waals surface area contributed by atoms with Crippen LogP contribution >= 0.6 is 0 Å². The Morgan fingerprint density at radius 1 is 1.33 bits per heavy atom. The van der Waals surface area contributed by atoms with Crippen LogP contribution in [0.15, 0.2) is 0 Å². The smallest absolute Gasteiger partial charge is 0.224 e. The lowest BCUT2D eigenvalue weighted by Gasteiger charge is -2.39. The van der Waals surface area contributed by atoms with E-state index < -0.39 is 0 Å². The van der Waals surface area contributed by atoms with Gasteiger partial charge in [0.15, 0.2) is 0 Å². The molecule has 0 aromatic rings. The summed E-state index contributed by atoms with van der Waals surface area (Å²) in [5.74, 6) is 0.261. The van der Waals surface area contributed by atoms with Crippen molar-refractivity contribution < 1.29 is 9.59 Å². The minimum atomic E-state index is 0.0388. The van der Waals surface area contributed by atoms with Gasteiger partial charge in [-0.15, -0.1) is 0 Å². The minimum absolute atomic E-state index is 0.0388. The highest BCUT2D eigenvalue weighted by atomic mass is 16.2. The van der Waals surface area contributed by atoms with E-state index in [4.69, 9.17) is 0 Å². The molecule has 0 bridgehead atoms. The molecule has 0 radical (unpaired) electrons. The van der Waals surface area contributed by atoms with Gasteiger partial charge >= 0.3 is 0 Å². The fourth-order valence-corrected chi connectivity index (χ4v) is 3.38. The third-order valence-corrected chi connectivity index (χ3v) is 4.91. The first kappa shape index (κ1) is 16.3. The summed E-state index contributed by atoms with van der Waals surface area (Å²) in [4.78, 5) is 28.2. The van der Waals surface area contributed by atoms with E-state index in [0.717, 1.165) is 38.8 Å². The van der Waals surface area contributed by atoms with E-state index in [-0.39, 0.29) is 17.9 Å². The van der Waals surface area contributed by atoms with E-state index in [1.165, 1.54) is 0 Å². The topological polar surface area (TPSA) is 52.7 Å². The van der Waals surface area contributed by atoms with Crippen molar-refractivity contribution in [3.8, 4) is 0 Å². The maximum Gasteiger partial charge on any atom is 0.224 e. The van der Waals surface area contributed by atoms with Crippen LogP contribution in [-0.2, 0) is 9.59 Å². The normalized spacial score (nSPS) is 25.0. The molecule has 0 saturated carbocycles. The zero-order valence-corrected chi connectivity index (χ0v) is 13.6. The quantitative estimate of drug-likeness (QED) is 0.852. The summed E-state index contributed by atoms with van der Waals surface area (Å²) in [5.41, 5.74) is 0. The fourth-order valence-electron chi connectivity index (χ4n) is 3.38. The Kier molecular flexibility index (Phi) is 5.62. The molecule has 2 aliphatic rings. The number of rotatable bonds is 4. The van der Waals surface area contributed by atoms with Crippen LogP contribution in [0.1, 0.15) is 52.4 Å². The maximum absolute atomic E-state index is 12.4. The number of carbonyl (C=O) groups is 2. The number of hydrogen-bond donors (Lipinski definition) is 1.